The molecule has 3 aromatic rings. The second kappa shape index (κ2) is 9.36. The number of hydrogen-bond donors (Lipinski definition) is 1. The Kier molecular flexibility index (Phi) is 6.37. The zero-order chi connectivity index (χ0) is 22.7. The zero-order valence-electron chi connectivity index (χ0n) is 18.2. The Morgan fingerprint density at radius 3 is 2.31 bits per heavy atom. The topological polar surface area (TPSA) is 90.3 Å². The fourth-order valence-electron chi connectivity index (χ4n) is 4.51. The van der Waals surface area contributed by atoms with Crippen LogP contribution in [-0.2, 0) is 13.1 Å². The molecule has 0 saturated carbocycles. The van der Waals surface area contributed by atoms with Crippen LogP contribution in [0.1, 0.15) is 47.3 Å². The highest BCUT2D eigenvalue weighted by atomic mass is 16.2. The summed E-state index contributed by atoms with van der Waals surface area (Å²) >= 11 is 0. The van der Waals surface area contributed by atoms with Crippen LogP contribution in [0, 0.1) is 0 Å². The lowest BCUT2D eigenvalue weighted by atomic mass is 10.0. The SMILES string of the molecule is CCn1c(=O)c(C(=O)CN2CCCC2c2ccccc2)c(N)n(Cc2ccccc2)c1=O. The molecule has 1 aromatic heterocycles. The molecule has 0 amide bonds. The van der Waals surface area contributed by atoms with Gasteiger partial charge < -0.3 is 5.73 Å². The van der Waals surface area contributed by atoms with E-state index in [1.54, 1.807) is 6.92 Å². The van der Waals surface area contributed by atoms with E-state index >= 15 is 0 Å². The number of ketones is 1. The van der Waals surface area contributed by atoms with Gasteiger partial charge in [-0.15, -0.1) is 0 Å². The van der Waals surface area contributed by atoms with Crippen LogP contribution in [0.3, 0.4) is 0 Å². The van der Waals surface area contributed by atoms with Crippen molar-refractivity contribution in [3.63, 3.8) is 0 Å². The van der Waals surface area contributed by atoms with E-state index in [1.807, 2.05) is 48.5 Å². The van der Waals surface area contributed by atoms with Gasteiger partial charge in [0.15, 0.2) is 5.78 Å². The summed E-state index contributed by atoms with van der Waals surface area (Å²) in [4.78, 5) is 41.4. The highest BCUT2D eigenvalue weighted by molar-refractivity contribution is 6.01. The number of nitrogens with two attached hydrogens (primary N) is 1. The third kappa shape index (κ3) is 4.16. The summed E-state index contributed by atoms with van der Waals surface area (Å²) in [6.07, 6.45) is 1.94. The molecule has 166 valence electrons. The lowest BCUT2D eigenvalue weighted by Crippen LogP contribution is -2.45. The first-order valence-corrected chi connectivity index (χ1v) is 11.0. The first-order valence-electron chi connectivity index (χ1n) is 11.0. The van der Waals surface area contributed by atoms with Crippen molar-refractivity contribution < 1.29 is 4.79 Å². The Morgan fingerprint density at radius 2 is 1.66 bits per heavy atom. The van der Waals surface area contributed by atoms with Crippen LogP contribution in [0.4, 0.5) is 5.82 Å². The highest BCUT2D eigenvalue weighted by Gasteiger charge is 2.30. The molecular weight excluding hydrogens is 404 g/mol. The van der Waals surface area contributed by atoms with Crippen LogP contribution in [0.25, 0.3) is 0 Å². The number of anilines is 1. The molecule has 0 spiro atoms. The van der Waals surface area contributed by atoms with Gasteiger partial charge in [-0.05, 0) is 37.4 Å². The van der Waals surface area contributed by atoms with Gasteiger partial charge in [0.05, 0.1) is 13.1 Å². The largest absolute Gasteiger partial charge is 0.384 e. The second-order valence-corrected chi connectivity index (χ2v) is 8.13. The third-order valence-corrected chi connectivity index (χ3v) is 6.14. The molecule has 1 fully saturated rings. The van der Waals surface area contributed by atoms with Crippen molar-refractivity contribution >= 4 is 11.6 Å². The van der Waals surface area contributed by atoms with Crippen molar-refractivity contribution in [3.8, 4) is 0 Å². The monoisotopic (exact) mass is 432 g/mol. The highest BCUT2D eigenvalue weighted by Crippen LogP contribution is 2.31. The van der Waals surface area contributed by atoms with Crippen LogP contribution in [-0.4, -0.2) is 32.9 Å². The maximum Gasteiger partial charge on any atom is 0.332 e. The second-order valence-electron chi connectivity index (χ2n) is 8.13. The van der Waals surface area contributed by atoms with Gasteiger partial charge >= 0.3 is 5.69 Å². The Bertz CT molecular complexity index is 1220. The molecule has 1 unspecified atom stereocenters. The lowest BCUT2D eigenvalue weighted by Gasteiger charge is -2.24. The molecule has 7 heteroatoms. The lowest BCUT2D eigenvalue weighted by molar-refractivity contribution is 0.0919. The van der Waals surface area contributed by atoms with E-state index in [4.69, 9.17) is 5.73 Å². The Morgan fingerprint density at radius 1 is 1.00 bits per heavy atom. The first-order chi connectivity index (χ1) is 15.5. The van der Waals surface area contributed by atoms with E-state index in [0.29, 0.717) is 0 Å². The van der Waals surface area contributed by atoms with Gasteiger partial charge in [0.25, 0.3) is 5.56 Å². The van der Waals surface area contributed by atoms with E-state index in [9.17, 15) is 14.4 Å². The minimum Gasteiger partial charge on any atom is -0.384 e. The number of hydrogen-bond acceptors (Lipinski definition) is 5. The minimum atomic E-state index is -0.611. The van der Waals surface area contributed by atoms with E-state index < -0.39 is 11.2 Å². The summed E-state index contributed by atoms with van der Waals surface area (Å²) in [5.41, 5.74) is 7.10. The normalized spacial score (nSPS) is 16.3. The minimum absolute atomic E-state index is 0.0611. The van der Waals surface area contributed by atoms with E-state index in [1.165, 1.54) is 4.57 Å². The summed E-state index contributed by atoms with van der Waals surface area (Å²) in [6.45, 7) is 2.95. The molecule has 2 heterocycles. The molecule has 1 saturated heterocycles. The maximum atomic E-state index is 13.4. The number of aromatic nitrogens is 2. The Balaban J connectivity index is 1.69. The van der Waals surface area contributed by atoms with Crippen molar-refractivity contribution in [2.24, 2.45) is 0 Å². The zero-order valence-corrected chi connectivity index (χ0v) is 18.2. The predicted octanol–water partition coefficient (Wildman–Crippen LogP) is 2.68. The molecular formula is C25H28N4O3. The molecule has 0 bridgehead atoms. The number of nitrogen functional groups attached to an aromatic ring is 1. The third-order valence-electron chi connectivity index (χ3n) is 6.14. The number of carbonyl (C=O) groups excluding carboxylic acids is 1. The number of nitrogens with zero attached hydrogens (tertiary/aromatic N) is 3. The van der Waals surface area contributed by atoms with Gasteiger partial charge in [-0.25, -0.2) is 4.79 Å². The van der Waals surface area contributed by atoms with Crippen LogP contribution in [0.2, 0.25) is 0 Å². The van der Waals surface area contributed by atoms with Gasteiger partial charge in [0.2, 0.25) is 0 Å². The number of benzene rings is 2. The quantitative estimate of drug-likeness (QED) is 0.580. The molecule has 2 aromatic carbocycles. The smallest absolute Gasteiger partial charge is 0.332 e. The number of carbonyl (C=O) groups is 1. The maximum absolute atomic E-state index is 13.4. The van der Waals surface area contributed by atoms with Crippen LogP contribution in [0.15, 0.2) is 70.3 Å². The van der Waals surface area contributed by atoms with Crippen LogP contribution in [0.5, 0.6) is 0 Å². The molecule has 0 radical (unpaired) electrons. The fraction of sp³-hybridized carbons (Fsp3) is 0.320. The Labute approximate surface area is 186 Å². The van der Waals surface area contributed by atoms with Gasteiger partial charge in [0, 0.05) is 12.6 Å². The number of rotatable bonds is 7. The molecule has 1 aliphatic heterocycles. The summed E-state index contributed by atoms with van der Waals surface area (Å²) < 4.78 is 2.41. The molecule has 0 aliphatic carbocycles. The van der Waals surface area contributed by atoms with Crippen molar-refractivity contribution in [3.05, 3.63) is 98.2 Å². The average molecular weight is 433 g/mol. The number of likely N-dealkylation sites (tertiary alicyclic amines) is 1. The standard InChI is InChI=1S/C25H28N4O3/c1-2-28-24(31)22(23(26)29(25(28)32)16-18-10-5-3-6-11-18)21(30)17-27-15-9-14-20(27)19-12-7-4-8-13-19/h3-8,10-13,20H,2,9,14-17,26H2,1H3. The molecule has 1 atom stereocenters. The van der Waals surface area contributed by atoms with E-state index in [2.05, 4.69) is 17.0 Å². The van der Waals surface area contributed by atoms with Crippen molar-refractivity contribution in [1.29, 1.82) is 0 Å². The fourth-order valence-corrected chi connectivity index (χ4v) is 4.51. The van der Waals surface area contributed by atoms with Gasteiger partial charge in [-0.3, -0.25) is 23.6 Å². The molecule has 2 N–H and O–H groups in total. The summed E-state index contributed by atoms with van der Waals surface area (Å²) in [5, 5.41) is 0. The summed E-state index contributed by atoms with van der Waals surface area (Å²) in [5.74, 6) is -0.409. The van der Waals surface area contributed by atoms with E-state index in [-0.39, 0.29) is 42.8 Å². The first kappa shape index (κ1) is 21.8. The van der Waals surface area contributed by atoms with Gasteiger partial charge in [-0.1, -0.05) is 60.7 Å². The van der Waals surface area contributed by atoms with Gasteiger partial charge in [-0.2, -0.15) is 0 Å². The van der Waals surface area contributed by atoms with Crippen molar-refractivity contribution in [2.75, 3.05) is 18.8 Å². The predicted molar refractivity (Wildman–Crippen MR) is 125 cm³/mol. The molecule has 32 heavy (non-hydrogen) atoms. The van der Waals surface area contributed by atoms with Crippen molar-refractivity contribution in [2.45, 2.75) is 38.9 Å². The van der Waals surface area contributed by atoms with E-state index in [0.717, 1.165) is 35.1 Å². The Hall–Kier alpha value is -3.45. The molecule has 7 nitrogen and oxygen atoms in total. The summed E-state index contributed by atoms with van der Waals surface area (Å²) in [7, 11) is 0. The summed E-state index contributed by atoms with van der Waals surface area (Å²) in [6, 6.07) is 19.6. The van der Waals surface area contributed by atoms with Crippen LogP contribution < -0.4 is 17.0 Å². The number of Topliss-reactive ketones (excluding diaryl/α,β-unsaturated/α-hetero) is 1. The van der Waals surface area contributed by atoms with Gasteiger partial charge in [0.1, 0.15) is 11.4 Å². The average Bonchev–Trinajstić information content (AvgIpc) is 3.26. The molecule has 4 rings (SSSR count). The van der Waals surface area contributed by atoms with Crippen molar-refractivity contribution in [1.82, 2.24) is 14.0 Å². The molecule has 1 aliphatic rings. The van der Waals surface area contributed by atoms with Crippen LogP contribution >= 0.6 is 0 Å².